The summed E-state index contributed by atoms with van der Waals surface area (Å²) in [4.78, 5) is 14.7. The molecule has 0 spiro atoms. The summed E-state index contributed by atoms with van der Waals surface area (Å²) < 4.78 is 1.97. The quantitative estimate of drug-likeness (QED) is 0.755. The van der Waals surface area contributed by atoms with Crippen molar-refractivity contribution in [3.63, 3.8) is 0 Å². The number of hydrogen-bond donors (Lipinski definition) is 2. The lowest BCUT2D eigenvalue weighted by molar-refractivity contribution is -0.118. The standard InChI is InChI=1S/C15H20N4O/c1-12(18-8-2-3-15(16)20)13-4-6-14(7-5-13)19-10-9-17-11-19/h4-7,9-12,18H,2-3,8H2,1H3,(H2,16,20). The molecular weight excluding hydrogens is 252 g/mol. The molecular formula is C15H20N4O. The van der Waals surface area contributed by atoms with Gasteiger partial charge in [0.1, 0.15) is 0 Å². The van der Waals surface area contributed by atoms with Crippen LogP contribution in [0.1, 0.15) is 31.4 Å². The molecule has 1 aromatic heterocycles. The van der Waals surface area contributed by atoms with E-state index in [2.05, 4.69) is 41.5 Å². The van der Waals surface area contributed by atoms with Crippen LogP contribution < -0.4 is 11.1 Å². The van der Waals surface area contributed by atoms with E-state index < -0.39 is 0 Å². The van der Waals surface area contributed by atoms with Crippen molar-refractivity contribution in [1.82, 2.24) is 14.9 Å². The first-order valence-electron chi connectivity index (χ1n) is 6.77. The molecule has 1 unspecified atom stereocenters. The number of imidazole rings is 1. The topological polar surface area (TPSA) is 72.9 Å². The van der Waals surface area contributed by atoms with Crippen LogP contribution in [0.5, 0.6) is 0 Å². The van der Waals surface area contributed by atoms with Crippen LogP contribution in [0.4, 0.5) is 0 Å². The molecule has 3 N–H and O–H groups in total. The molecule has 2 aromatic rings. The lowest BCUT2D eigenvalue weighted by Gasteiger charge is -2.14. The highest BCUT2D eigenvalue weighted by Crippen LogP contribution is 2.15. The molecule has 0 aliphatic carbocycles. The summed E-state index contributed by atoms with van der Waals surface area (Å²) in [5, 5.41) is 3.38. The number of rotatable bonds is 7. The number of amides is 1. The summed E-state index contributed by atoms with van der Waals surface area (Å²) in [6.45, 7) is 2.89. The molecule has 0 aliphatic heterocycles. The molecule has 0 radical (unpaired) electrons. The fraction of sp³-hybridized carbons (Fsp3) is 0.333. The van der Waals surface area contributed by atoms with Crippen LogP contribution in [-0.2, 0) is 4.79 Å². The van der Waals surface area contributed by atoms with E-state index in [-0.39, 0.29) is 11.9 Å². The van der Waals surface area contributed by atoms with Crippen molar-refractivity contribution in [1.29, 1.82) is 0 Å². The van der Waals surface area contributed by atoms with E-state index in [1.54, 1.807) is 12.5 Å². The second kappa shape index (κ2) is 6.86. The van der Waals surface area contributed by atoms with E-state index in [0.29, 0.717) is 6.42 Å². The van der Waals surface area contributed by atoms with Gasteiger partial charge in [0.2, 0.25) is 5.91 Å². The molecule has 1 atom stereocenters. The second-order valence-electron chi connectivity index (χ2n) is 4.81. The molecule has 1 aromatic carbocycles. The Bertz CT molecular complexity index is 534. The number of carbonyl (C=O) groups excluding carboxylic acids is 1. The van der Waals surface area contributed by atoms with Gasteiger partial charge >= 0.3 is 0 Å². The maximum atomic E-state index is 10.7. The Morgan fingerprint density at radius 3 is 2.75 bits per heavy atom. The highest BCUT2D eigenvalue weighted by Gasteiger charge is 2.05. The smallest absolute Gasteiger partial charge is 0.217 e. The normalized spacial score (nSPS) is 12.2. The maximum absolute atomic E-state index is 10.7. The predicted molar refractivity (Wildman–Crippen MR) is 78.4 cm³/mol. The van der Waals surface area contributed by atoms with Gasteiger partial charge in [0.15, 0.2) is 0 Å². The fourth-order valence-corrected chi connectivity index (χ4v) is 2.05. The number of nitrogens with two attached hydrogens (primary N) is 1. The Balaban J connectivity index is 1.87. The van der Waals surface area contributed by atoms with Crippen molar-refractivity contribution < 1.29 is 4.79 Å². The number of primary amides is 1. The second-order valence-corrected chi connectivity index (χ2v) is 4.81. The van der Waals surface area contributed by atoms with Gasteiger partial charge < -0.3 is 15.6 Å². The lowest BCUT2D eigenvalue weighted by atomic mass is 10.1. The summed E-state index contributed by atoms with van der Waals surface area (Å²) in [6.07, 6.45) is 6.66. The molecule has 1 heterocycles. The summed E-state index contributed by atoms with van der Waals surface area (Å²) in [5.74, 6) is -0.246. The molecule has 0 saturated heterocycles. The van der Waals surface area contributed by atoms with Crippen LogP contribution in [0.3, 0.4) is 0 Å². The number of nitrogens with zero attached hydrogens (tertiary/aromatic N) is 2. The Kier molecular flexibility index (Phi) is 4.90. The molecule has 106 valence electrons. The van der Waals surface area contributed by atoms with E-state index in [1.165, 1.54) is 5.56 Å². The lowest BCUT2D eigenvalue weighted by Crippen LogP contribution is -2.21. The largest absolute Gasteiger partial charge is 0.370 e. The van der Waals surface area contributed by atoms with Gasteiger partial charge in [-0.1, -0.05) is 12.1 Å². The van der Waals surface area contributed by atoms with Gasteiger partial charge in [-0.25, -0.2) is 4.98 Å². The van der Waals surface area contributed by atoms with E-state index in [1.807, 2.05) is 10.8 Å². The summed E-state index contributed by atoms with van der Waals surface area (Å²) >= 11 is 0. The van der Waals surface area contributed by atoms with Gasteiger partial charge in [-0.15, -0.1) is 0 Å². The van der Waals surface area contributed by atoms with Crippen molar-refractivity contribution in [2.24, 2.45) is 5.73 Å². The number of nitrogens with one attached hydrogen (secondary N) is 1. The van der Waals surface area contributed by atoms with E-state index in [9.17, 15) is 4.79 Å². The van der Waals surface area contributed by atoms with Gasteiger partial charge in [0.05, 0.1) is 6.33 Å². The van der Waals surface area contributed by atoms with Crippen molar-refractivity contribution in [3.8, 4) is 5.69 Å². The number of carbonyl (C=O) groups is 1. The van der Waals surface area contributed by atoms with Crippen LogP contribution in [-0.4, -0.2) is 22.0 Å². The van der Waals surface area contributed by atoms with E-state index in [4.69, 9.17) is 5.73 Å². The first kappa shape index (κ1) is 14.3. The van der Waals surface area contributed by atoms with E-state index in [0.717, 1.165) is 18.7 Å². The zero-order valence-electron chi connectivity index (χ0n) is 11.6. The number of aromatic nitrogens is 2. The highest BCUT2D eigenvalue weighted by atomic mass is 16.1. The molecule has 2 rings (SSSR count). The van der Waals surface area contributed by atoms with Gasteiger partial charge in [-0.2, -0.15) is 0 Å². The van der Waals surface area contributed by atoms with Gasteiger partial charge in [0, 0.05) is 30.5 Å². The van der Waals surface area contributed by atoms with Crippen molar-refractivity contribution >= 4 is 5.91 Å². The fourth-order valence-electron chi connectivity index (χ4n) is 2.05. The molecule has 0 aliphatic rings. The Labute approximate surface area is 118 Å². The third-order valence-corrected chi connectivity index (χ3v) is 3.25. The van der Waals surface area contributed by atoms with Gasteiger partial charge in [0.25, 0.3) is 0 Å². The zero-order valence-corrected chi connectivity index (χ0v) is 11.6. The number of benzene rings is 1. The molecule has 20 heavy (non-hydrogen) atoms. The van der Waals surface area contributed by atoms with Crippen molar-refractivity contribution in [3.05, 3.63) is 48.5 Å². The molecule has 5 heteroatoms. The van der Waals surface area contributed by atoms with Crippen LogP contribution in [0, 0.1) is 0 Å². The molecule has 5 nitrogen and oxygen atoms in total. The summed E-state index contributed by atoms with van der Waals surface area (Å²) in [6, 6.07) is 8.58. The van der Waals surface area contributed by atoms with E-state index >= 15 is 0 Å². The zero-order chi connectivity index (χ0) is 14.4. The average molecular weight is 272 g/mol. The van der Waals surface area contributed by atoms with Crippen molar-refractivity contribution in [2.75, 3.05) is 6.54 Å². The van der Waals surface area contributed by atoms with Crippen LogP contribution in [0.2, 0.25) is 0 Å². The van der Waals surface area contributed by atoms with Crippen LogP contribution in [0.25, 0.3) is 5.69 Å². The molecule has 0 fully saturated rings. The minimum Gasteiger partial charge on any atom is -0.370 e. The first-order chi connectivity index (χ1) is 9.66. The maximum Gasteiger partial charge on any atom is 0.217 e. The third kappa shape index (κ3) is 3.93. The first-order valence-corrected chi connectivity index (χ1v) is 6.77. The monoisotopic (exact) mass is 272 g/mol. The Hall–Kier alpha value is -2.14. The van der Waals surface area contributed by atoms with Crippen LogP contribution in [0.15, 0.2) is 43.0 Å². The number of hydrogen-bond acceptors (Lipinski definition) is 3. The Morgan fingerprint density at radius 1 is 1.40 bits per heavy atom. The SMILES string of the molecule is CC(NCCCC(N)=O)c1ccc(-n2ccnc2)cc1. The molecule has 0 bridgehead atoms. The molecule has 0 saturated carbocycles. The Morgan fingerprint density at radius 2 is 2.15 bits per heavy atom. The van der Waals surface area contributed by atoms with Gasteiger partial charge in [-0.3, -0.25) is 4.79 Å². The minimum atomic E-state index is -0.246. The van der Waals surface area contributed by atoms with Crippen molar-refractivity contribution in [2.45, 2.75) is 25.8 Å². The van der Waals surface area contributed by atoms with Gasteiger partial charge in [-0.05, 0) is 37.6 Å². The average Bonchev–Trinajstić information content (AvgIpc) is 2.97. The summed E-state index contributed by atoms with van der Waals surface area (Å²) in [5.41, 5.74) is 7.42. The summed E-state index contributed by atoms with van der Waals surface area (Å²) in [7, 11) is 0. The van der Waals surface area contributed by atoms with Crippen LogP contribution >= 0.6 is 0 Å². The minimum absolute atomic E-state index is 0.246. The highest BCUT2D eigenvalue weighted by molar-refractivity contribution is 5.73. The third-order valence-electron chi connectivity index (χ3n) is 3.25. The predicted octanol–water partition coefficient (Wildman–Crippen LogP) is 1.79. The molecule has 1 amide bonds.